The summed E-state index contributed by atoms with van der Waals surface area (Å²) in [5, 5.41) is 0. The highest BCUT2D eigenvalue weighted by Gasteiger charge is 2.08. The first-order valence-corrected chi connectivity index (χ1v) is 9.35. The van der Waals surface area contributed by atoms with Crippen LogP contribution in [0.2, 0.25) is 0 Å². The Morgan fingerprint density at radius 3 is 2.43 bits per heavy atom. The minimum atomic E-state index is 0.216. The van der Waals surface area contributed by atoms with E-state index in [9.17, 15) is 4.79 Å². The normalized spacial score (nSPS) is 10.7. The maximum atomic E-state index is 12.4. The molecule has 138 valence electrons. The Balaban J connectivity index is 1.44. The monoisotopic (exact) mass is 367 g/mol. The molecule has 0 saturated carbocycles. The summed E-state index contributed by atoms with van der Waals surface area (Å²) in [6.07, 6.45) is 5.20. The van der Waals surface area contributed by atoms with Gasteiger partial charge in [-0.25, -0.2) is 9.97 Å². The van der Waals surface area contributed by atoms with Crippen LogP contribution < -0.4 is 0 Å². The first kappa shape index (κ1) is 17.9. The number of hydrogen-bond donors (Lipinski definition) is 1. The lowest BCUT2D eigenvalue weighted by atomic mass is 10.0. The lowest BCUT2D eigenvalue weighted by Gasteiger charge is -2.06. The van der Waals surface area contributed by atoms with Gasteiger partial charge in [-0.3, -0.25) is 4.79 Å². The first-order chi connectivity index (χ1) is 13.8. The van der Waals surface area contributed by atoms with Crippen molar-refractivity contribution in [1.29, 1.82) is 0 Å². The van der Waals surface area contributed by atoms with Gasteiger partial charge in [0.2, 0.25) is 0 Å². The molecule has 2 heterocycles. The standard InChI is InChI=1S/C24H21N3O/c28-21(15-18-6-2-1-3-7-18)16-19-8-4-9-20(14-19)17-24-26-13-11-23(27-24)22-10-5-12-25-22/h1-14,25H,15-17H2. The fourth-order valence-electron chi connectivity index (χ4n) is 3.27. The predicted octanol–water partition coefficient (Wildman–Crippen LogP) is 4.42. The second-order valence-electron chi connectivity index (χ2n) is 6.82. The molecule has 4 nitrogen and oxygen atoms in total. The number of H-pyrrole nitrogens is 1. The lowest BCUT2D eigenvalue weighted by Crippen LogP contribution is -2.07. The van der Waals surface area contributed by atoms with Crippen LogP contribution in [0.1, 0.15) is 22.5 Å². The molecule has 0 bridgehead atoms. The molecule has 2 aromatic carbocycles. The van der Waals surface area contributed by atoms with Crippen molar-refractivity contribution in [2.75, 3.05) is 0 Å². The Morgan fingerprint density at radius 2 is 1.61 bits per heavy atom. The largest absolute Gasteiger partial charge is 0.360 e. The third-order valence-electron chi connectivity index (χ3n) is 4.58. The maximum Gasteiger partial charge on any atom is 0.141 e. The summed E-state index contributed by atoms with van der Waals surface area (Å²) in [5.41, 5.74) is 5.04. The van der Waals surface area contributed by atoms with Crippen molar-refractivity contribution in [3.05, 3.63) is 108 Å². The van der Waals surface area contributed by atoms with Crippen LogP contribution in [0.15, 0.2) is 85.2 Å². The van der Waals surface area contributed by atoms with E-state index in [4.69, 9.17) is 0 Å². The van der Waals surface area contributed by atoms with Crippen LogP contribution in [-0.2, 0) is 24.1 Å². The summed E-state index contributed by atoms with van der Waals surface area (Å²) in [7, 11) is 0. The zero-order valence-corrected chi connectivity index (χ0v) is 15.5. The van der Waals surface area contributed by atoms with Crippen LogP contribution in [0.4, 0.5) is 0 Å². The third kappa shape index (κ3) is 4.60. The van der Waals surface area contributed by atoms with Crippen molar-refractivity contribution >= 4 is 5.78 Å². The molecular formula is C24H21N3O. The number of Topliss-reactive ketones (excluding diaryl/α,β-unsaturated/α-hetero) is 1. The van der Waals surface area contributed by atoms with Gasteiger partial charge in [-0.1, -0.05) is 54.6 Å². The molecule has 0 saturated heterocycles. The Bertz CT molecular complexity index is 1060. The maximum absolute atomic E-state index is 12.4. The number of ketones is 1. The SMILES string of the molecule is O=C(Cc1ccccc1)Cc1cccc(Cc2nccc(-c3ccc[nH]3)n2)c1. The van der Waals surface area contributed by atoms with Crippen LogP contribution in [0.25, 0.3) is 11.4 Å². The molecule has 0 atom stereocenters. The van der Waals surface area contributed by atoms with Gasteiger partial charge in [-0.2, -0.15) is 0 Å². The summed E-state index contributed by atoms with van der Waals surface area (Å²) in [5.74, 6) is 0.980. The Labute approximate surface area is 164 Å². The summed E-state index contributed by atoms with van der Waals surface area (Å²) in [6.45, 7) is 0. The van der Waals surface area contributed by atoms with E-state index in [1.807, 2.05) is 66.9 Å². The van der Waals surface area contributed by atoms with Crippen molar-refractivity contribution in [3.63, 3.8) is 0 Å². The van der Waals surface area contributed by atoms with E-state index >= 15 is 0 Å². The van der Waals surface area contributed by atoms with Gasteiger partial charge in [0, 0.05) is 31.7 Å². The van der Waals surface area contributed by atoms with Crippen molar-refractivity contribution in [1.82, 2.24) is 15.0 Å². The highest BCUT2D eigenvalue weighted by molar-refractivity contribution is 5.83. The van der Waals surface area contributed by atoms with E-state index in [-0.39, 0.29) is 5.78 Å². The molecule has 0 amide bonds. The topological polar surface area (TPSA) is 58.6 Å². The second-order valence-corrected chi connectivity index (χ2v) is 6.82. The zero-order valence-electron chi connectivity index (χ0n) is 15.5. The summed E-state index contributed by atoms with van der Waals surface area (Å²) in [6, 6.07) is 23.8. The Morgan fingerprint density at radius 1 is 0.821 bits per heavy atom. The van der Waals surface area contributed by atoms with Gasteiger partial charge >= 0.3 is 0 Å². The number of nitrogens with zero attached hydrogens (tertiary/aromatic N) is 2. The fourth-order valence-corrected chi connectivity index (χ4v) is 3.27. The lowest BCUT2D eigenvalue weighted by molar-refractivity contribution is -0.117. The molecule has 4 aromatic rings. The number of benzene rings is 2. The highest BCUT2D eigenvalue weighted by Crippen LogP contribution is 2.16. The molecule has 4 rings (SSSR count). The van der Waals surface area contributed by atoms with Crippen LogP contribution in [-0.4, -0.2) is 20.7 Å². The van der Waals surface area contributed by atoms with Crippen LogP contribution in [0, 0.1) is 0 Å². The van der Waals surface area contributed by atoms with Gasteiger partial charge in [0.05, 0.1) is 11.4 Å². The number of rotatable bonds is 7. The molecule has 0 unspecified atom stereocenters. The average molecular weight is 367 g/mol. The summed E-state index contributed by atoms with van der Waals surface area (Å²) >= 11 is 0. The van der Waals surface area contributed by atoms with Gasteiger partial charge in [0.1, 0.15) is 11.6 Å². The van der Waals surface area contributed by atoms with E-state index in [2.05, 4.69) is 27.1 Å². The molecule has 1 N–H and O–H groups in total. The molecule has 0 fully saturated rings. The van der Waals surface area contributed by atoms with Crippen LogP contribution in [0.5, 0.6) is 0 Å². The molecule has 0 aliphatic carbocycles. The molecular weight excluding hydrogens is 346 g/mol. The molecule has 4 heteroatoms. The van der Waals surface area contributed by atoms with E-state index in [1.165, 1.54) is 0 Å². The van der Waals surface area contributed by atoms with E-state index in [0.29, 0.717) is 19.3 Å². The molecule has 0 radical (unpaired) electrons. The van der Waals surface area contributed by atoms with E-state index in [1.54, 1.807) is 6.20 Å². The van der Waals surface area contributed by atoms with E-state index in [0.717, 1.165) is 33.9 Å². The van der Waals surface area contributed by atoms with Gasteiger partial charge in [0.15, 0.2) is 0 Å². The summed E-state index contributed by atoms with van der Waals surface area (Å²) in [4.78, 5) is 24.6. The number of aromatic amines is 1. The number of hydrogen-bond acceptors (Lipinski definition) is 3. The highest BCUT2D eigenvalue weighted by atomic mass is 16.1. The molecule has 0 spiro atoms. The zero-order chi connectivity index (χ0) is 19.2. The minimum absolute atomic E-state index is 0.216. The first-order valence-electron chi connectivity index (χ1n) is 9.35. The van der Waals surface area contributed by atoms with Gasteiger partial charge in [-0.05, 0) is 34.9 Å². The average Bonchev–Trinajstić information content (AvgIpc) is 3.24. The molecule has 2 aromatic heterocycles. The number of nitrogens with one attached hydrogen (secondary N) is 1. The number of carbonyl (C=O) groups excluding carboxylic acids is 1. The Hall–Kier alpha value is -3.53. The van der Waals surface area contributed by atoms with Gasteiger partial charge < -0.3 is 4.98 Å². The molecule has 0 aliphatic heterocycles. The van der Waals surface area contributed by atoms with Gasteiger partial charge in [-0.15, -0.1) is 0 Å². The van der Waals surface area contributed by atoms with Crippen molar-refractivity contribution in [2.24, 2.45) is 0 Å². The van der Waals surface area contributed by atoms with Crippen LogP contribution in [0.3, 0.4) is 0 Å². The fraction of sp³-hybridized carbons (Fsp3) is 0.125. The van der Waals surface area contributed by atoms with Crippen molar-refractivity contribution in [3.8, 4) is 11.4 Å². The molecule has 0 aliphatic rings. The third-order valence-corrected chi connectivity index (χ3v) is 4.58. The summed E-state index contributed by atoms with van der Waals surface area (Å²) < 4.78 is 0. The quantitative estimate of drug-likeness (QED) is 0.526. The number of carbonyl (C=O) groups is 1. The second kappa shape index (κ2) is 8.44. The van der Waals surface area contributed by atoms with Gasteiger partial charge in [0.25, 0.3) is 0 Å². The van der Waals surface area contributed by atoms with E-state index < -0.39 is 0 Å². The van der Waals surface area contributed by atoms with Crippen LogP contribution >= 0.6 is 0 Å². The predicted molar refractivity (Wildman–Crippen MR) is 110 cm³/mol. The van der Waals surface area contributed by atoms with Crippen molar-refractivity contribution in [2.45, 2.75) is 19.3 Å². The number of aromatic nitrogens is 3. The minimum Gasteiger partial charge on any atom is -0.360 e. The van der Waals surface area contributed by atoms with Crippen molar-refractivity contribution < 1.29 is 4.79 Å². The molecule has 28 heavy (non-hydrogen) atoms. The smallest absolute Gasteiger partial charge is 0.141 e. The Kier molecular flexibility index (Phi) is 5.38.